The van der Waals surface area contributed by atoms with Gasteiger partial charge in [-0.1, -0.05) is 83.1 Å². The molecule has 25 heavy (non-hydrogen) atoms. The van der Waals surface area contributed by atoms with E-state index in [4.69, 9.17) is 4.74 Å². The Balaban J connectivity index is 1.87. The van der Waals surface area contributed by atoms with Crippen LogP contribution >= 0.6 is 0 Å². The van der Waals surface area contributed by atoms with Crippen molar-refractivity contribution in [3.05, 3.63) is 65.2 Å². The van der Waals surface area contributed by atoms with Crippen molar-refractivity contribution in [2.75, 3.05) is 0 Å². The van der Waals surface area contributed by atoms with Crippen molar-refractivity contribution in [2.24, 2.45) is 0 Å². The number of hydrogen-bond acceptors (Lipinski definition) is 1. The topological polar surface area (TPSA) is 9.23 Å². The molecule has 1 nitrogen and oxygen atoms in total. The molecule has 0 bridgehead atoms. The van der Waals surface area contributed by atoms with Crippen molar-refractivity contribution >= 4 is 10.8 Å². The zero-order valence-corrected chi connectivity index (χ0v) is 15.8. The van der Waals surface area contributed by atoms with E-state index < -0.39 is 0 Å². The standard InChI is InChI=1S/C24H26O/c1-15(2)16-6-9-20-18(12-16)14-25-23-21-11-8-19(24(3,4)5)13-17(21)7-10-22(20)23/h6-13,15H,14H2,1-5H3. The number of benzene rings is 3. The SMILES string of the molecule is CC(C)c1ccc2c(c1)COc1c-2ccc2cc(C(C)(C)C)ccc12. The molecular weight excluding hydrogens is 304 g/mol. The first-order valence-electron chi connectivity index (χ1n) is 9.18. The fraction of sp³-hybridized carbons (Fsp3) is 0.333. The van der Waals surface area contributed by atoms with E-state index in [2.05, 4.69) is 83.1 Å². The fourth-order valence-corrected chi connectivity index (χ4v) is 3.64. The molecule has 1 heteroatoms. The summed E-state index contributed by atoms with van der Waals surface area (Å²) in [5, 5.41) is 2.47. The molecule has 0 aromatic heterocycles. The first kappa shape index (κ1) is 16.2. The zero-order valence-electron chi connectivity index (χ0n) is 15.8. The zero-order chi connectivity index (χ0) is 17.8. The molecule has 0 saturated heterocycles. The van der Waals surface area contributed by atoms with Crippen LogP contribution in [0.1, 0.15) is 57.2 Å². The highest BCUT2D eigenvalue weighted by molar-refractivity contribution is 5.96. The van der Waals surface area contributed by atoms with E-state index in [-0.39, 0.29) is 5.41 Å². The quantitative estimate of drug-likeness (QED) is 0.475. The Labute approximate surface area is 150 Å². The summed E-state index contributed by atoms with van der Waals surface area (Å²) in [4.78, 5) is 0. The lowest BCUT2D eigenvalue weighted by atomic mass is 9.85. The van der Waals surface area contributed by atoms with Crippen molar-refractivity contribution in [1.29, 1.82) is 0 Å². The van der Waals surface area contributed by atoms with Crippen LogP contribution in [-0.2, 0) is 12.0 Å². The molecule has 1 heterocycles. The minimum absolute atomic E-state index is 0.158. The van der Waals surface area contributed by atoms with Gasteiger partial charge in [0.2, 0.25) is 0 Å². The third kappa shape index (κ3) is 2.72. The lowest BCUT2D eigenvalue weighted by Gasteiger charge is -2.25. The van der Waals surface area contributed by atoms with Gasteiger partial charge in [-0.15, -0.1) is 0 Å². The van der Waals surface area contributed by atoms with Crippen LogP contribution in [0.4, 0.5) is 0 Å². The van der Waals surface area contributed by atoms with Gasteiger partial charge >= 0.3 is 0 Å². The van der Waals surface area contributed by atoms with Gasteiger partial charge in [-0.2, -0.15) is 0 Å². The number of hydrogen-bond donors (Lipinski definition) is 0. The number of fused-ring (bicyclic) bond motifs is 5. The highest BCUT2D eigenvalue weighted by Gasteiger charge is 2.21. The second-order valence-corrected chi connectivity index (χ2v) is 8.49. The molecule has 1 aliphatic rings. The Morgan fingerprint density at radius 3 is 2.36 bits per heavy atom. The van der Waals surface area contributed by atoms with E-state index >= 15 is 0 Å². The molecule has 1 aliphatic heterocycles. The van der Waals surface area contributed by atoms with Gasteiger partial charge in [-0.3, -0.25) is 0 Å². The molecule has 3 aromatic carbocycles. The summed E-state index contributed by atoms with van der Waals surface area (Å²) in [6.07, 6.45) is 0. The van der Waals surface area contributed by atoms with E-state index in [0.717, 1.165) is 5.75 Å². The van der Waals surface area contributed by atoms with Crippen LogP contribution in [0.15, 0.2) is 48.5 Å². The average Bonchev–Trinajstić information content (AvgIpc) is 2.59. The van der Waals surface area contributed by atoms with Crippen LogP contribution in [-0.4, -0.2) is 0 Å². The first-order valence-corrected chi connectivity index (χ1v) is 9.18. The van der Waals surface area contributed by atoms with Crippen LogP contribution in [0.5, 0.6) is 5.75 Å². The Bertz CT molecular complexity index is 958. The summed E-state index contributed by atoms with van der Waals surface area (Å²) in [6.45, 7) is 11.9. The Morgan fingerprint density at radius 1 is 0.880 bits per heavy atom. The van der Waals surface area contributed by atoms with Crippen LogP contribution in [0, 0.1) is 0 Å². The van der Waals surface area contributed by atoms with Crippen molar-refractivity contribution < 1.29 is 4.74 Å². The van der Waals surface area contributed by atoms with Gasteiger partial charge in [0.25, 0.3) is 0 Å². The van der Waals surface area contributed by atoms with Crippen LogP contribution < -0.4 is 4.74 Å². The highest BCUT2D eigenvalue weighted by atomic mass is 16.5. The summed E-state index contributed by atoms with van der Waals surface area (Å²) in [5.41, 5.74) is 6.72. The van der Waals surface area contributed by atoms with E-state index in [1.165, 1.54) is 38.6 Å². The minimum atomic E-state index is 0.158. The third-order valence-corrected chi connectivity index (χ3v) is 5.29. The maximum atomic E-state index is 6.22. The second-order valence-electron chi connectivity index (χ2n) is 8.49. The van der Waals surface area contributed by atoms with E-state index in [1.807, 2.05) is 0 Å². The van der Waals surface area contributed by atoms with E-state index in [0.29, 0.717) is 12.5 Å². The molecule has 0 aliphatic carbocycles. The van der Waals surface area contributed by atoms with Gasteiger partial charge in [0.1, 0.15) is 12.4 Å². The molecule has 0 spiro atoms. The molecule has 0 amide bonds. The summed E-state index contributed by atoms with van der Waals surface area (Å²) in [6, 6.07) is 18.0. The highest BCUT2D eigenvalue weighted by Crippen LogP contribution is 2.43. The van der Waals surface area contributed by atoms with E-state index in [9.17, 15) is 0 Å². The van der Waals surface area contributed by atoms with Crippen molar-refractivity contribution in [2.45, 2.75) is 52.6 Å². The van der Waals surface area contributed by atoms with Gasteiger partial charge < -0.3 is 4.74 Å². The van der Waals surface area contributed by atoms with Gasteiger partial charge in [0.05, 0.1) is 0 Å². The molecule has 0 N–H and O–H groups in total. The molecule has 0 fully saturated rings. The van der Waals surface area contributed by atoms with Crippen molar-refractivity contribution in [3.8, 4) is 16.9 Å². The molecule has 0 saturated carbocycles. The summed E-state index contributed by atoms with van der Waals surface area (Å²) in [5.74, 6) is 1.57. The second kappa shape index (κ2) is 5.62. The predicted molar refractivity (Wildman–Crippen MR) is 107 cm³/mol. The summed E-state index contributed by atoms with van der Waals surface area (Å²) < 4.78 is 6.22. The van der Waals surface area contributed by atoms with Gasteiger partial charge in [0, 0.05) is 10.9 Å². The Hall–Kier alpha value is -2.28. The minimum Gasteiger partial charge on any atom is -0.488 e. The maximum absolute atomic E-state index is 6.22. The Kier molecular flexibility index (Phi) is 3.64. The fourth-order valence-electron chi connectivity index (χ4n) is 3.64. The van der Waals surface area contributed by atoms with E-state index in [1.54, 1.807) is 0 Å². The predicted octanol–water partition coefficient (Wildman–Crippen LogP) is 6.82. The normalized spacial score (nSPS) is 13.5. The molecular formula is C24H26O. The van der Waals surface area contributed by atoms with Crippen LogP contribution in [0.2, 0.25) is 0 Å². The van der Waals surface area contributed by atoms with Crippen molar-refractivity contribution in [1.82, 2.24) is 0 Å². The maximum Gasteiger partial charge on any atom is 0.135 e. The lowest BCUT2D eigenvalue weighted by molar-refractivity contribution is 0.306. The lowest BCUT2D eigenvalue weighted by Crippen LogP contribution is -2.11. The summed E-state index contributed by atoms with van der Waals surface area (Å²) in [7, 11) is 0. The summed E-state index contributed by atoms with van der Waals surface area (Å²) >= 11 is 0. The third-order valence-electron chi connectivity index (χ3n) is 5.29. The number of rotatable bonds is 1. The smallest absolute Gasteiger partial charge is 0.135 e. The molecule has 0 unspecified atom stereocenters. The Morgan fingerprint density at radius 2 is 1.64 bits per heavy atom. The largest absolute Gasteiger partial charge is 0.488 e. The molecule has 128 valence electrons. The number of ether oxygens (including phenoxy) is 1. The average molecular weight is 330 g/mol. The monoisotopic (exact) mass is 330 g/mol. The molecule has 0 atom stereocenters. The van der Waals surface area contributed by atoms with Gasteiger partial charge in [-0.05, 0) is 39.0 Å². The molecule has 4 rings (SSSR count). The first-order chi connectivity index (χ1) is 11.8. The molecule has 3 aromatic rings. The van der Waals surface area contributed by atoms with Crippen LogP contribution in [0.25, 0.3) is 21.9 Å². The van der Waals surface area contributed by atoms with Crippen LogP contribution in [0.3, 0.4) is 0 Å². The van der Waals surface area contributed by atoms with Crippen molar-refractivity contribution in [3.63, 3.8) is 0 Å². The molecule has 0 radical (unpaired) electrons. The van der Waals surface area contributed by atoms with Gasteiger partial charge in [-0.25, -0.2) is 0 Å². The van der Waals surface area contributed by atoms with Gasteiger partial charge in [0.15, 0.2) is 0 Å².